The molecule has 1 aromatic rings. The topological polar surface area (TPSA) is 66.6 Å². The second-order valence-corrected chi connectivity index (χ2v) is 5.37. The van der Waals surface area contributed by atoms with Gasteiger partial charge < -0.3 is 15.7 Å². The van der Waals surface area contributed by atoms with Gasteiger partial charge in [0, 0.05) is 18.2 Å². The van der Waals surface area contributed by atoms with Crippen LogP contribution in [0.5, 0.6) is 0 Å². The summed E-state index contributed by atoms with van der Waals surface area (Å²) in [6.07, 6.45) is 0. The Bertz CT molecular complexity index is 553. The molecule has 1 aromatic carbocycles. The lowest BCUT2D eigenvalue weighted by atomic mass is 10.0. The molecule has 20 heavy (non-hydrogen) atoms. The summed E-state index contributed by atoms with van der Waals surface area (Å²) in [4.78, 5) is 14.0. The number of carbonyl (C=O) groups is 1. The highest BCUT2D eigenvalue weighted by atomic mass is 16.3. The fraction of sp³-hybridized carbons (Fsp3) is 0.438. The van der Waals surface area contributed by atoms with Crippen LogP contribution in [0.15, 0.2) is 18.2 Å². The van der Waals surface area contributed by atoms with Gasteiger partial charge in [0.2, 0.25) is 0 Å². The quantitative estimate of drug-likeness (QED) is 0.813. The molecule has 0 radical (unpaired) electrons. The van der Waals surface area contributed by atoms with E-state index in [0.29, 0.717) is 5.56 Å². The number of hydrogen-bond acceptors (Lipinski definition) is 3. The van der Waals surface area contributed by atoms with Crippen molar-refractivity contribution in [2.45, 2.75) is 26.3 Å². The summed E-state index contributed by atoms with van der Waals surface area (Å²) in [5, 5.41) is 9.34. The Hall–Kier alpha value is -1.83. The van der Waals surface area contributed by atoms with E-state index in [9.17, 15) is 9.90 Å². The van der Waals surface area contributed by atoms with Crippen molar-refractivity contribution in [3.63, 3.8) is 0 Å². The second-order valence-electron chi connectivity index (χ2n) is 5.37. The fourth-order valence-electron chi connectivity index (χ4n) is 1.61. The minimum Gasteiger partial charge on any atom is -0.394 e. The van der Waals surface area contributed by atoms with E-state index < -0.39 is 5.54 Å². The Labute approximate surface area is 120 Å². The largest absolute Gasteiger partial charge is 0.394 e. The van der Waals surface area contributed by atoms with E-state index in [0.717, 1.165) is 11.1 Å². The zero-order chi connectivity index (χ0) is 15.3. The number of aliphatic hydroxyl groups is 1. The number of aryl methyl sites for hydroxylation is 1. The lowest BCUT2D eigenvalue weighted by molar-refractivity contribution is 0.0473. The minimum atomic E-state index is -0.606. The van der Waals surface area contributed by atoms with E-state index in [1.165, 1.54) is 4.90 Å². The summed E-state index contributed by atoms with van der Waals surface area (Å²) >= 11 is 0. The molecule has 0 aliphatic rings. The van der Waals surface area contributed by atoms with Crippen molar-refractivity contribution >= 4 is 5.91 Å². The third-order valence-corrected chi connectivity index (χ3v) is 3.41. The predicted molar refractivity (Wildman–Crippen MR) is 80.4 cm³/mol. The lowest BCUT2D eigenvalue weighted by Gasteiger charge is -2.34. The Morgan fingerprint density at radius 3 is 2.65 bits per heavy atom. The maximum atomic E-state index is 12.4. The molecule has 0 unspecified atom stereocenters. The number of nitrogens with zero attached hydrogens (tertiary/aromatic N) is 1. The first-order valence-electron chi connectivity index (χ1n) is 6.52. The molecule has 0 heterocycles. The van der Waals surface area contributed by atoms with Crippen LogP contribution in [0, 0.1) is 18.8 Å². The van der Waals surface area contributed by atoms with Crippen LogP contribution in [-0.4, -0.2) is 41.7 Å². The minimum absolute atomic E-state index is 0.0963. The van der Waals surface area contributed by atoms with E-state index in [1.807, 2.05) is 26.8 Å². The molecule has 0 saturated carbocycles. The molecule has 0 aliphatic heterocycles. The number of benzene rings is 1. The first-order valence-corrected chi connectivity index (χ1v) is 6.52. The molecule has 0 atom stereocenters. The van der Waals surface area contributed by atoms with E-state index >= 15 is 0 Å². The number of aliphatic hydroxyl groups excluding tert-OH is 1. The third-order valence-electron chi connectivity index (χ3n) is 3.41. The molecule has 0 aromatic heterocycles. The zero-order valence-corrected chi connectivity index (χ0v) is 12.5. The maximum absolute atomic E-state index is 12.4. The van der Waals surface area contributed by atoms with Gasteiger partial charge in [-0.1, -0.05) is 17.9 Å². The lowest BCUT2D eigenvalue weighted by Crippen LogP contribution is -2.47. The molecule has 0 saturated heterocycles. The van der Waals surface area contributed by atoms with Crippen LogP contribution in [0.4, 0.5) is 0 Å². The van der Waals surface area contributed by atoms with Crippen LogP contribution in [0.2, 0.25) is 0 Å². The van der Waals surface area contributed by atoms with Crippen LogP contribution in [0.3, 0.4) is 0 Å². The van der Waals surface area contributed by atoms with Crippen LogP contribution in [0.1, 0.15) is 35.3 Å². The highest BCUT2D eigenvalue weighted by molar-refractivity contribution is 5.95. The van der Waals surface area contributed by atoms with Gasteiger partial charge in [0.05, 0.1) is 18.7 Å². The van der Waals surface area contributed by atoms with Gasteiger partial charge in [-0.2, -0.15) is 0 Å². The number of hydrogen-bond donors (Lipinski definition) is 2. The molecule has 1 amide bonds. The van der Waals surface area contributed by atoms with Crippen molar-refractivity contribution < 1.29 is 9.90 Å². The zero-order valence-electron chi connectivity index (χ0n) is 12.5. The average Bonchev–Trinajstić information content (AvgIpc) is 2.44. The van der Waals surface area contributed by atoms with E-state index in [2.05, 4.69) is 11.8 Å². The fourth-order valence-corrected chi connectivity index (χ4v) is 1.61. The first-order chi connectivity index (χ1) is 9.33. The maximum Gasteiger partial charge on any atom is 0.254 e. The molecule has 108 valence electrons. The molecular weight excluding hydrogens is 252 g/mol. The molecular formula is C16H22N2O2. The van der Waals surface area contributed by atoms with Crippen molar-refractivity contribution in [2.75, 3.05) is 20.2 Å². The van der Waals surface area contributed by atoms with Gasteiger partial charge in [-0.3, -0.25) is 4.79 Å². The van der Waals surface area contributed by atoms with Crippen LogP contribution in [-0.2, 0) is 0 Å². The van der Waals surface area contributed by atoms with Crippen LogP contribution in [0.25, 0.3) is 0 Å². The van der Waals surface area contributed by atoms with Gasteiger partial charge in [-0.05, 0) is 38.5 Å². The highest BCUT2D eigenvalue weighted by Crippen LogP contribution is 2.17. The summed E-state index contributed by atoms with van der Waals surface area (Å²) in [6, 6.07) is 5.41. The predicted octanol–water partition coefficient (Wildman–Crippen LogP) is 1.15. The molecule has 4 nitrogen and oxygen atoms in total. The smallest absolute Gasteiger partial charge is 0.254 e. The molecule has 0 bridgehead atoms. The Morgan fingerprint density at radius 1 is 1.45 bits per heavy atom. The Morgan fingerprint density at radius 2 is 2.10 bits per heavy atom. The van der Waals surface area contributed by atoms with Gasteiger partial charge in [0.25, 0.3) is 5.91 Å². The second kappa shape index (κ2) is 6.56. The number of nitrogens with two attached hydrogens (primary N) is 1. The van der Waals surface area contributed by atoms with E-state index in [1.54, 1.807) is 19.2 Å². The van der Waals surface area contributed by atoms with Gasteiger partial charge in [0.1, 0.15) is 0 Å². The summed E-state index contributed by atoms with van der Waals surface area (Å²) in [5.41, 5.74) is 7.13. The van der Waals surface area contributed by atoms with E-state index in [4.69, 9.17) is 5.73 Å². The Balaban J connectivity index is 3.12. The van der Waals surface area contributed by atoms with Crippen molar-refractivity contribution in [3.05, 3.63) is 34.9 Å². The monoisotopic (exact) mass is 274 g/mol. The van der Waals surface area contributed by atoms with Crippen molar-refractivity contribution in [1.29, 1.82) is 0 Å². The van der Waals surface area contributed by atoms with Gasteiger partial charge in [-0.15, -0.1) is 0 Å². The molecule has 3 N–H and O–H groups in total. The first kappa shape index (κ1) is 16.2. The molecule has 0 spiro atoms. The SMILES string of the molecule is Cc1ccc(C(=O)N(C)C(C)(C)CO)cc1C#CCN. The summed E-state index contributed by atoms with van der Waals surface area (Å²) in [6.45, 7) is 5.76. The standard InChI is InChI=1S/C16H22N2O2/c1-12-7-8-14(10-13(12)6-5-9-17)15(20)18(4)16(2,3)11-19/h7-8,10,19H,9,11,17H2,1-4H3. The van der Waals surface area contributed by atoms with Crippen molar-refractivity contribution in [1.82, 2.24) is 4.90 Å². The number of amides is 1. The molecule has 0 aliphatic carbocycles. The van der Waals surface area contributed by atoms with Crippen LogP contribution >= 0.6 is 0 Å². The summed E-state index contributed by atoms with van der Waals surface area (Å²) in [5.74, 6) is 5.62. The summed E-state index contributed by atoms with van der Waals surface area (Å²) in [7, 11) is 1.68. The van der Waals surface area contributed by atoms with Crippen molar-refractivity contribution in [2.24, 2.45) is 5.73 Å². The summed E-state index contributed by atoms with van der Waals surface area (Å²) < 4.78 is 0. The molecule has 1 rings (SSSR count). The van der Waals surface area contributed by atoms with Gasteiger partial charge in [0.15, 0.2) is 0 Å². The normalized spacial score (nSPS) is 10.7. The average molecular weight is 274 g/mol. The Kier molecular flexibility index (Phi) is 5.32. The van der Waals surface area contributed by atoms with Crippen LogP contribution < -0.4 is 5.73 Å². The van der Waals surface area contributed by atoms with Crippen molar-refractivity contribution in [3.8, 4) is 11.8 Å². The molecule has 0 fully saturated rings. The number of likely N-dealkylation sites (N-methyl/N-ethyl adjacent to an activating group) is 1. The number of rotatable bonds is 3. The van der Waals surface area contributed by atoms with Gasteiger partial charge in [-0.25, -0.2) is 0 Å². The third kappa shape index (κ3) is 3.60. The highest BCUT2D eigenvalue weighted by Gasteiger charge is 2.27. The number of carbonyl (C=O) groups excluding carboxylic acids is 1. The molecule has 4 heteroatoms. The van der Waals surface area contributed by atoms with Gasteiger partial charge >= 0.3 is 0 Å². The van der Waals surface area contributed by atoms with E-state index in [-0.39, 0.29) is 19.1 Å².